The molecular formula is C13H14N4O2S2. The van der Waals surface area contributed by atoms with Gasteiger partial charge >= 0.3 is 0 Å². The van der Waals surface area contributed by atoms with Crippen molar-refractivity contribution in [3.8, 4) is 11.4 Å². The molecule has 0 aliphatic carbocycles. The van der Waals surface area contributed by atoms with Crippen molar-refractivity contribution in [2.45, 2.75) is 37.2 Å². The Kier molecular flexibility index (Phi) is 3.81. The van der Waals surface area contributed by atoms with Crippen molar-refractivity contribution in [3.63, 3.8) is 0 Å². The lowest BCUT2D eigenvalue weighted by Gasteiger charge is -2.10. The van der Waals surface area contributed by atoms with Gasteiger partial charge in [0.05, 0.1) is 5.75 Å². The first-order valence-corrected chi connectivity index (χ1v) is 8.27. The molecule has 0 fully saturated rings. The Morgan fingerprint density at radius 2 is 2.14 bits per heavy atom. The van der Waals surface area contributed by atoms with Crippen LogP contribution in [0, 0.1) is 0 Å². The second-order valence-electron chi connectivity index (χ2n) is 5.44. The van der Waals surface area contributed by atoms with Gasteiger partial charge in [0.15, 0.2) is 0 Å². The molecule has 0 radical (unpaired) electrons. The van der Waals surface area contributed by atoms with Crippen molar-refractivity contribution < 1.29 is 8.94 Å². The van der Waals surface area contributed by atoms with Crippen LogP contribution in [-0.2, 0) is 11.2 Å². The molecule has 0 bridgehead atoms. The summed E-state index contributed by atoms with van der Waals surface area (Å²) in [5.41, 5.74) is 0.815. The quantitative estimate of drug-likeness (QED) is 0.676. The van der Waals surface area contributed by atoms with E-state index in [4.69, 9.17) is 8.94 Å². The Balaban J connectivity index is 1.64. The molecule has 0 atom stereocenters. The molecule has 3 aromatic heterocycles. The minimum atomic E-state index is -0.150. The topological polar surface area (TPSA) is 77.8 Å². The number of thiophene rings is 1. The summed E-state index contributed by atoms with van der Waals surface area (Å²) in [4.78, 5) is 4.34. The number of rotatable bonds is 4. The van der Waals surface area contributed by atoms with Crippen LogP contribution < -0.4 is 0 Å². The number of aromatic nitrogens is 4. The van der Waals surface area contributed by atoms with Gasteiger partial charge < -0.3 is 8.94 Å². The van der Waals surface area contributed by atoms with E-state index in [1.807, 2.05) is 37.6 Å². The molecule has 3 rings (SSSR count). The van der Waals surface area contributed by atoms with E-state index in [1.54, 1.807) is 11.3 Å². The maximum atomic E-state index is 5.60. The summed E-state index contributed by atoms with van der Waals surface area (Å²) in [5, 5.41) is 16.5. The molecule has 0 aliphatic heterocycles. The van der Waals surface area contributed by atoms with Crippen LogP contribution in [0.5, 0.6) is 0 Å². The Morgan fingerprint density at radius 3 is 2.81 bits per heavy atom. The van der Waals surface area contributed by atoms with Crippen LogP contribution in [0.2, 0.25) is 0 Å². The molecule has 8 heteroatoms. The highest BCUT2D eigenvalue weighted by Gasteiger charge is 2.21. The predicted molar refractivity (Wildman–Crippen MR) is 80.2 cm³/mol. The van der Waals surface area contributed by atoms with Gasteiger partial charge in [-0.15, -0.1) is 10.2 Å². The molecule has 0 aromatic carbocycles. The average Bonchev–Trinajstić information content (AvgIpc) is 3.16. The first-order valence-electron chi connectivity index (χ1n) is 6.34. The first-order chi connectivity index (χ1) is 10.0. The number of nitrogens with zero attached hydrogens (tertiary/aromatic N) is 4. The summed E-state index contributed by atoms with van der Waals surface area (Å²) in [6.07, 6.45) is 0. The molecule has 110 valence electrons. The normalized spacial score (nSPS) is 12.0. The van der Waals surface area contributed by atoms with Gasteiger partial charge in [-0.3, -0.25) is 0 Å². The minimum Gasteiger partial charge on any atom is -0.415 e. The third kappa shape index (κ3) is 3.33. The summed E-state index contributed by atoms with van der Waals surface area (Å²) in [6.45, 7) is 6.08. The van der Waals surface area contributed by atoms with Crippen LogP contribution in [0.1, 0.15) is 32.6 Å². The molecule has 0 saturated carbocycles. The van der Waals surface area contributed by atoms with E-state index in [1.165, 1.54) is 11.8 Å². The van der Waals surface area contributed by atoms with Gasteiger partial charge in [0.2, 0.25) is 17.6 Å². The Hall–Kier alpha value is -1.67. The molecule has 3 aromatic rings. The van der Waals surface area contributed by atoms with E-state index >= 15 is 0 Å². The van der Waals surface area contributed by atoms with Crippen LogP contribution in [0.3, 0.4) is 0 Å². The van der Waals surface area contributed by atoms with Crippen molar-refractivity contribution >= 4 is 23.1 Å². The van der Waals surface area contributed by atoms with Gasteiger partial charge in [-0.05, 0) is 11.4 Å². The predicted octanol–water partition coefficient (Wildman–Crippen LogP) is 3.77. The van der Waals surface area contributed by atoms with E-state index in [0.717, 1.165) is 5.56 Å². The van der Waals surface area contributed by atoms with Crippen LogP contribution in [0.15, 0.2) is 31.0 Å². The molecule has 0 spiro atoms. The summed E-state index contributed by atoms with van der Waals surface area (Å²) < 4.78 is 10.8. The smallest absolute Gasteiger partial charge is 0.277 e. The van der Waals surface area contributed by atoms with Gasteiger partial charge in [-0.25, -0.2) is 0 Å². The van der Waals surface area contributed by atoms with Gasteiger partial charge in [0, 0.05) is 16.4 Å². The molecule has 0 unspecified atom stereocenters. The second kappa shape index (κ2) is 5.61. The van der Waals surface area contributed by atoms with E-state index in [-0.39, 0.29) is 5.41 Å². The summed E-state index contributed by atoms with van der Waals surface area (Å²) in [6, 6.07) is 1.96. The van der Waals surface area contributed by atoms with Crippen LogP contribution in [0.4, 0.5) is 0 Å². The molecule has 0 saturated heterocycles. The van der Waals surface area contributed by atoms with Gasteiger partial charge in [-0.2, -0.15) is 16.3 Å². The van der Waals surface area contributed by atoms with Crippen molar-refractivity contribution in [2.75, 3.05) is 0 Å². The lowest BCUT2D eigenvalue weighted by molar-refractivity contribution is 0.346. The Labute approximate surface area is 130 Å². The molecular weight excluding hydrogens is 308 g/mol. The maximum absolute atomic E-state index is 5.60. The second-order valence-corrected chi connectivity index (χ2v) is 7.14. The summed E-state index contributed by atoms with van der Waals surface area (Å²) >= 11 is 2.99. The standard InChI is InChI=1S/C13H14N4O2S2/c1-13(2,3)11-15-16-12(18-11)21-7-9-14-10(17-19-9)8-4-5-20-6-8/h4-6H,7H2,1-3H3. The Morgan fingerprint density at radius 1 is 1.29 bits per heavy atom. The number of hydrogen-bond acceptors (Lipinski definition) is 8. The number of hydrogen-bond donors (Lipinski definition) is 0. The van der Waals surface area contributed by atoms with Crippen LogP contribution in [-0.4, -0.2) is 20.3 Å². The molecule has 21 heavy (non-hydrogen) atoms. The molecule has 0 amide bonds. The molecule has 3 heterocycles. The summed E-state index contributed by atoms with van der Waals surface area (Å²) in [7, 11) is 0. The monoisotopic (exact) mass is 322 g/mol. The van der Waals surface area contributed by atoms with Crippen molar-refractivity contribution in [2.24, 2.45) is 0 Å². The zero-order valence-corrected chi connectivity index (χ0v) is 13.5. The van der Waals surface area contributed by atoms with Crippen molar-refractivity contribution in [1.29, 1.82) is 0 Å². The third-order valence-corrected chi connectivity index (χ3v) is 4.10. The number of thioether (sulfide) groups is 1. The molecule has 6 nitrogen and oxygen atoms in total. The maximum Gasteiger partial charge on any atom is 0.277 e. The fourth-order valence-electron chi connectivity index (χ4n) is 1.52. The minimum absolute atomic E-state index is 0.150. The van der Waals surface area contributed by atoms with E-state index < -0.39 is 0 Å². The molecule has 0 aliphatic rings. The van der Waals surface area contributed by atoms with E-state index in [0.29, 0.717) is 28.6 Å². The van der Waals surface area contributed by atoms with Gasteiger partial charge in [0.25, 0.3) is 5.22 Å². The highest BCUT2D eigenvalue weighted by atomic mass is 32.2. The van der Waals surface area contributed by atoms with Gasteiger partial charge in [-0.1, -0.05) is 37.7 Å². The van der Waals surface area contributed by atoms with E-state index in [9.17, 15) is 0 Å². The van der Waals surface area contributed by atoms with Crippen molar-refractivity contribution in [3.05, 3.63) is 28.6 Å². The fraction of sp³-hybridized carbons (Fsp3) is 0.385. The Bertz CT molecular complexity index is 713. The summed E-state index contributed by atoms with van der Waals surface area (Å²) in [5.74, 6) is 2.27. The lowest BCUT2D eigenvalue weighted by Crippen LogP contribution is -2.11. The first kappa shape index (κ1) is 14.3. The highest BCUT2D eigenvalue weighted by molar-refractivity contribution is 7.98. The lowest BCUT2D eigenvalue weighted by atomic mass is 9.97. The largest absolute Gasteiger partial charge is 0.415 e. The SMILES string of the molecule is CC(C)(C)c1nnc(SCc2nc(-c3ccsc3)no2)o1. The zero-order valence-electron chi connectivity index (χ0n) is 11.9. The molecule has 0 N–H and O–H groups in total. The van der Waals surface area contributed by atoms with Gasteiger partial charge in [0.1, 0.15) is 0 Å². The zero-order chi connectivity index (χ0) is 14.9. The van der Waals surface area contributed by atoms with Crippen molar-refractivity contribution in [1.82, 2.24) is 20.3 Å². The fourth-order valence-corrected chi connectivity index (χ4v) is 2.75. The third-order valence-electron chi connectivity index (χ3n) is 2.61. The van der Waals surface area contributed by atoms with Crippen LogP contribution in [0.25, 0.3) is 11.4 Å². The average molecular weight is 322 g/mol. The van der Waals surface area contributed by atoms with Crippen LogP contribution >= 0.6 is 23.1 Å². The van der Waals surface area contributed by atoms with E-state index in [2.05, 4.69) is 20.3 Å². The highest BCUT2D eigenvalue weighted by Crippen LogP contribution is 2.27.